The SMILES string of the molecule is C=C[C@H](COC)Nc1nc(C)c(-c2nc3c(C)nccc3s2)c(N[C@H]2CC[C@@H](C(C)(C)OC)C2)n1. The summed E-state index contributed by atoms with van der Waals surface area (Å²) in [5.74, 6) is 1.82. The molecule has 0 aromatic carbocycles. The molecule has 0 saturated heterocycles. The second kappa shape index (κ2) is 10.6. The van der Waals surface area contributed by atoms with Crippen molar-refractivity contribution in [1.29, 1.82) is 0 Å². The van der Waals surface area contributed by atoms with Crippen LogP contribution < -0.4 is 10.6 Å². The molecule has 0 amide bonds. The van der Waals surface area contributed by atoms with Gasteiger partial charge in [0.05, 0.1) is 39.9 Å². The van der Waals surface area contributed by atoms with E-state index >= 15 is 0 Å². The molecule has 3 atom stereocenters. The van der Waals surface area contributed by atoms with Crippen LogP contribution in [0.3, 0.4) is 0 Å². The zero-order chi connectivity index (χ0) is 25.2. The second-order valence-corrected chi connectivity index (χ2v) is 10.7. The van der Waals surface area contributed by atoms with E-state index in [-0.39, 0.29) is 11.6 Å². The van der Waals surface area contributed by atoms with Gasteiger partial charge in [-0.1, -0.05) is 6.08 Å². The standard InChI is InChI=1S/C26H36N6O2S/c1-8-18(14-33-6)30-25-28-15(2)21(24-31-22-16(3)27-12-11-20(22)35-24)23(32-25)29-19-10-9-17(13-19)26(4,5)34-7/h8,11-12,17-19H,1,9-10,13-14H2,2-7H3,(H2,28,29,30,32)/t17-,18-,19+/m1/s1. The third-order valence-electron chi connectivity index (χ3n) is 7.02. The predicted octanol–water partition coefficient (Wildman–Crippen LogP) is 5.38. The third-order valence-corrected chi connectivity index (χ3v) is 8.06. The van der Waals surface area contributed by atoms with E-state index in [1.807, 2.05) is 26.1 Å². The van der Waals surface area contributed by atoms with Crippen molar-refractivity contribution in [3.8, 4) is 10.6 Å². The summed E-state index contributed by atoms with van der Waals surface area (Å²) in [5, 5.41) is 7.98. The molecule has 3 aromatic rings. The molecule has 0 bridgehead atoms. The molecule has 1 fully saturated rings. The minimum Gasteiger partial charge on any atom is -0.382 e. The molecule has 3 aromatic heterocycles. The Hall–Kier alpha value is -2.62. The van der Waals surface area contributed by atoms with E-state index in [1.54, 1.807) is 31.6 Å². The first-order valence-electron chi connectivity index (χ1n) is 12.1. The zero-order valence-electron chi connectivity index (χ0n) is 21.5. The second-order valence-electron chi connectivity index (χ2n) is 9.72. The highest BCUT2D eigenvalue weighted by Gasteiger charge is 2.36. The number of aryl methyl sites for hydroxylation is 2. The minimum absolute atomic E-state index is 0.0902. The summed E-state index contributed by atoms with van der Waals surface area (Å²) in [5.41, 5.74) is 3.50. The number of hydrogen-bond acceptors (Lipinski definition) is 9. The summed E-state index contributed by atoms with van der Waals surface area (Å²) in [4.78, 5) is 19.1. The van der Waals surface area contributed by atoms with Gasteiger partial charge in [0, 0.05) is 26.5 Å². The van der Waals surface area contributed by atoms with Crippen molar-refractivity contribution in [3.63, 3.8) is 0 Å². The molecular weight excluding hydrogens is 460 g/mol. The topological polar surface area (TPSA) is 94.1 Å². The van der Waals surface area contributed by atoms with Gasteiger partial charge in [0.1, 0.15) is 16.3 Å². The fourth-order valence-electron chi connectivity index (χ4n) is 4.70. The average molecular weight is 497 g/mol. The lowest BCUT2D eigenvalue weighted by molar-refractivity contribution is -0.0258. The van der Waals surface area contributed by atoms with Gasteiger partial charge in [0.2, 0.25) is 5.95 Å². The van der Waals surface area contributed by atoms with Crippen molar-refractivity contribution in [3.05, 3.63) is 36.3 Å². The molecule has 8 nitrogen and oxygen atoms in total. The number of nitrogens with zero attached hydrogens (tertiary/aromatic N) is 4. The van der Waals surface area contributed by atoms with E-state index in [2.05, 4.69) is 36.0 Å². The Bertz CT molecular complexity index is 1190. The highest BCUT2D eigenvalue weighted by atomic mass is 32.1. The maximum absolute atomic E-state index is 5.78. The van der Waals surface area contributed by atoms with Crippen LogP contribution in [-0.2, 0) is 9.47 Å². The minimum atomic E-state index is -0.150. The molecule has 1 saturated carbocycles. The first-order valence-corrected chi connectivity index (χ1v) is 12.9. The molecule has 2 N–H and O–H groups in total. The van der Waals surface area contributed by atoms with Crippen LogP contribution in [0.25, 0.3) is 20.8 Å². The number of pyridine rings is 1. The molecule has 0 aliphatic heterocycles. The zero-order valence-corrected chi connectivity index (χ0v) is 22.3. The summed E-state index contributed by atoms with van der Waals surface area (Å²) >= 11 is 1.64. The average Bonchev–Trinajstić information content (AvgIpc) is 3.47. The summed E-state index contributed by atoms with van der Waals surface area (Å²) in [6.07, 6.45) is 6.83. The largest absolute Gasteiger partial charge is 0.382 e. The Morgan fingerprint density at radius 3 is 2.69 bits per heavy atom. The number of aromatic nitrogens is 4. The van der Waals surface area contributed by atoms with Crippen LogP contribution in [-0.4, -0.2) is 58.4 Å². The van der Waals surface area contributed by atoms with Gasteiger partial charge in [-0.25, -0.2) is 9.97 Å². The number of anilines is 2. The molecule has 0 unspecified atom stereocenters. The number of thiazole rings is 1. The molecule has 188 valence electrons. The molecule has 35 heavy (non-hydrogen) atoms. The number of nitrogens with one attached hydrogen (secondary N) is 2. The van der Waals surface area contributed by atoms with E-state index in [1.165, 1.54) is 0 Å². The molecule has 4 rings (SSSR count). The van der Waals surface area contributed by atoms with Crippen LogP contribution >= 0.6 is 11.3 Å². The molecule has 1 aliphatic carbocycles. The van der Waals surface area contributed by atoms with Crippen LogP contribution in [0.15, 0.2) is 24.9 Å². The summed E-state index contributed by atoms with van der Waals surface area (Å²) < 4.78 is 12.2. The molecule has 3 heterocycles. The number of rotatable bonds is 10. The van der Waals surface area contributed by atoms with Gasteiger partial charge in [-0.05, 0) is 58.9 Å². The third kappa shape index (κ3) is 5.47. The monoisotopic (exact) mass is 496 g/mol. The number of hydrogen-bond donors (Lipinski definition) is 2. The lowest BCUT2D eigenvalue weighted by Crippen LogP contribution is -2.32. The van der Waals surface area contributed by atoms with Crippen molar-refractivity contribution in [2.45, 2.75) is 64.6 Å². The molecule has 0 radical (unpaired) electrons. The molecule has 0 spiro atoms. The molecule has 9 heteroatoms. The van der Waals surface area contributed by atoms with Gasteiger partial charge in [-0.2, -0.15) is 4.98 Å². The van der Waals surface area contributed by atoms with E-state index in [9.17, 15) is 0 Å². The maximum atomic E-state index is 5.78. The van der Waals surface area contributed by atoms with Crippen LogP contribution in [0.5, 0.6) is 0 Å². The van der Waals surface area contributed by atoms with E-state index in [0.29, 0.717) is 24.5 Å². The highest BCUT2D eigenvalue weighted by Crippen LogP contribution is 2.40. The van der Waals surface area contributed by atoms with Gasteiger partial charge in [0.15, 0.2) is 0 Å². The van der Waals surface area contributed by atoms with Crippen LogP contribution in [0, 0.1) is 19.8 Å². The van der Waals surface area contributed by atoms with Crippen LogP contribution in [0.4, 0.5) is 11.8 Å². The Labute approximate surface area is 211 Å². The van der Waals surface area contributed by atoms with E-state index in [4.69, 9.17) is 24.4 Å². The van der Waals surface area contributed by atoms with Crippen molar-refractivity contribution in [2.24, 2.45) is 5.92 Å². The van der Waals surface area contributed by atoms with Crippen molar-refractivity contribution < 1.29 is 9.47 Å². The summed E-state index contributed by atoms with van der Waals surface area (Å²) in [7, 11) is 3.47. The van der Waals surface area contributed by atoms with Gasteiger partial charge >= 0.3 is 0 Å². The van der Waals surface area contributed by atoms with Crippen molar-refractivity contribution >= 4 is 33.3 Å². The van der Waals surface area contributed by atoms with Crippen molar-refractivity contribution in [1.82, 2.24) is 19.9 Å². The first-order chi connectivity index (χ1) is 16.7. The Kier molecular flexibility index (Phi) is 7.68. The maximum Gasteiger partial charge on any atom is 0.225 e. The fourth-order valence-corrected chi connectivity index (χ4v) is 5.82. The summed E-state index contributed by atoms with van der Waals surface area (Å²) in [6.45, 7) is 12.7. The normalized spacial score (nSPS) is 19.1. The Morgan fingerprint density at radius 2 is 2.00 bits per heavy atom. The van der Waals surface area contributed by atoms with Crippen LogP contribution in [0.2, 0.25) is 0 Å². The number of ether oxygens (including phenoxy) is 2. The quantitative estimate of drug-likeness (QED) is 0.361. The number of methoxy groups -OCH3 is 2. The fraction of sp³-hybridized carbons (Fsp3) is 0.538. The van der Waals surface area contributed by atoms with Crippen molar-refractivity contribution in [2.75, 3.05) is 31.5 Å². The van der Waals surface area contributed by atoms with E-state index in [0.717, 1.165) is 57.3 Å². The lowest BCUT2D eigenvalue weighted by Gasteiger charge is -2.30. The molecular formula is C26H36N6O2S. The Balaban J connectivity index is 1.72. The van der Waals surface area contributed by atoms with E-state index < -0.39 is 0 Å². The smallest absolute Gasteiger partial charge is 0.225 e. The van der Waals surface area contributed by atoms with Gasteiger partial charge < -0.3 is 20.1 Å². The predicted molar refractivity (Wildman–Crippen MR) is 143 cm³/mol. The van der Waals surface area contributed by atoms with Gasteiger partial charge in [-0.15, -0.1) is 17.9 Å². The highest BCUT2D eigenvalue weighted by molar-refractivity contribution is 7.21. The first kappa shape index (κ1) is 25.5. The molecule has 1 aliphatic rings. The van der Waals surface area contributed by atoms with Gasteiger partial charge in [0.25, 0.3) is 0 Å². The lowest BCUT2D eigenvalue weighted by atomic mass is 9.89. The Morgan fingerprint density at radius 1 is 1.20 bits per heavy atom. The summed E-state index contributed by atoms with van der Waals surface area (Å²) in [6, 6.07) is 2.21. The number of fused-ring (bicyclic) bond motifs is 1. The van der Waals surface area contributed by atoms with Gasteiger partial charge in [-0.3, -0.25) is 4.98 Å². The van der Waals surface area contributed by atoms with Crippen LogP contribution in [0.1, 0.15) is 44.5 Å².